The second-order valence-electron chi connectivity index (χ2n) is 9.57. The van der Waals surface area contributed by atoms with E-state index in [1.807, 2.05) is 12.1 Å². The molecule has 2 N–H and O–H groups in total. The van der Waals surface area contributed by atoms with E-state index < -0.39 is 21.8 Å². The van der Waals surface area contributed by atoms with Gasteiger partial charge in [-0.3, -0.25) is 14.4 Å². The quantitative estimate of drug-likeness (QED) is 0.441. The van der Waals surface area contributed by atoms with Crippen LogP contribution in [0.25, 0.3) is 5.65 Å². The summed E-state index contributed by atoms with van der Waals surface area (Å²) in [5.74, 6) is -0.0423. The van der Waals surface area contributed by atoms with Crippen molar-refractivity contribution in [3.63, 3.8) is 0 Å². The molecule has 2 aromatic heterocycles. The summed E-state index contributed by atoms with van der Waals surface area (Å²) in [6.07, 6.45) is 4.30. The molecule has 1 fully saturated rings. The number of carbonyl (C=O) groups excluding carboxylic acids is 3. The number of benzene rings is 1. The molecule has 3 aromatic rings. The Morgan fingerprint density at radius 1 is 1.11 bits per heavy atom. The second-order valence-corrected chi connectivity index (χ2v) is 11.6. The van der Waals surface area contributed by atoms with Gasteiger partial charge in [0.1, 0.15) is 23.7 Å². The van der Waals surface area contributed by atoms with Crippen LogP contribution in [-0.4, -0.2) is 77.4 Å². The Bertz CT molecular complexity index is 1510. The van der Waals surface area contributed by atoms with Gasteiger partial charge in [0, 0.05) is 50.3 Å². The minimum absolute atomic E-state index is 0.00200. The summed E-state index contributed by atoms with van der Waals surface area (Å²) in [6.45, 7) is 1.52. The fourth-order valence-electron chi connectivity index (χ4n) is 4.68. The highest BCUT2D eigenvalue weighted by Gasteiger charge is 2.26. The molecule has 1 saturated heterocycles. The van der Waals surface area contributed by atoms with Gasteiger partial charge in [0.25, 0.3) is 11.8 Å². The maximum absolute atomic E-state index is 13.1. The zero-order valence-electron chi connectivity index (χ0n) is 20.8. The molecule has 0 unspecified atom stereocenters. The van der Waals surface area contributed by atoms with Crippen LogP contribution >= 0.6 is 0 Å². The average Bonchev–Trinajstić information content (AvgIpc) is 3.38. The van der Waals surface area contributed by atoms with Crippen LogP contribution in [0.3, 0.4) is 0 Å². The number of fused-ring (bicyclic) bond motifs is 2. The van der Waals surface area contributed by atoms with Crippen LogP contribution in [0.5, 0.6) is 5.75 Å². The number of sulfonamides is 1. The number of aromatic nitrogens is 3. The van der Waals surface area contributed by atoms with E-state index in [0.29, 0.717) is 50.3 Å². The van der Waals surface area contributed by atoms with Gasteiger partial charge >= 0.3 is 0 Å². The van der Waals surface area contributed by atoms with Gasteiger partial charge in [0.2, 0.25) is 10.0 Å². The Morgan fingerprint density at radius 3 is 2.66 bits per heavy atom. The van der Waals surface area contributed by atoms with Gasteiger partial charge < -0.3 is 15.4 Å². The standard InChI is InChI=1S/C25H28N6O6S/c1-38(35,36)30-8-5-16(6-9-30)13-27-25(34)21-12-20(29-23-4-7-28-31(21)23)24(33)26-14-17-2-3-22-18(10-17)11-19(32)15-37-22/h2-4,7,10,12,16H,5-6,8-9,11,13-15H2,1H3,(H,26,33)(H,27,34). The van der Waals surface area contributed by atoms with Gasteiger partial charge in [-0.05, 0) is 36.5 Å². The molecular weight excluding hydrogens is 512 g/mol. The molecule has 0 atom stereocenters. The average molecular weight is 541 g/mol. The SMILES string of the molecule is CS(=O)(=O)N1CCC(CNC(=O)c2cc(C(=O)NCc3ccc4c(c3)CC(=O)CO4)nc3ccnn23)CC1. The lowest BCUT2D eigenvalue weighted by Gasteiger charge is -2.30. The number of ketones is 1. The highest BCUT2D eigenvalue weighted by Crippen LogP contribution is 2.24. The number of rotatable bonds is 7. The van der Waals surface area contributed by atoms with Crippen LogP contribution in [-0.2, 0) is 27.8 Å². The number of carbonyl (C=O) groups is 3. The first-order valence-corrected chi connectivity index (χ1v) is 14.1. The van der Waals surface area contributed by atoms with Gasteiger partial charge in [-0.25, -0.2) is 22.2 Å². The van der Waals surface area contributed by atoms with E-state index in [9.17, 15) is 22.8 Å². The highest BCUT2D eigenvalue weighted by atomic mass is 32.2. The lowest BCUT2D eigenvalue weighted by Crippen LogP contribution is -2.41. The summed E-state index contributed by atoms with van der Waals surface area (Å²) in [7, 11) is -3.21. The van der Waals surface area contributed by atoms with Crippen LogP contribution < -0.4 is 15.4 Å². The maximum atomic E-state index is 13.1. The monoisotopic (exact) mass is 540 g/mol. The van der Waals surface area contributed by atoms with Gasteiger partial charge in [-0.15, -0.1) is 0 Å². The van der Waals surface area contributed by atoms with Crippen molar-refractivity contribution in [1.29, 1.82) is 0 Å². The Hall–Kier alpha value is -3.84. The number of Topliss-reactive ketones (excluding diaryl/α,β-unsaturated/α-hetero) is 1. The third-order valence-corrected chi connectivity index (χ3v) is 8.08. The van der Waals surface area contributed by atoms with Crippen LogP contribution in [0, 0.1) is 5.92 Å². The fourth-order valence-corrected chi connectivity index (χ4v) is 5.55. The van der Waals surface area contributed by atoms with Crippen LogP contribution in [0.2, 0.25) is 0 Å². The summed E-state index contributed by atoms with van der Waals surface area (Å²) in [5.41, 5.74) is 2.19. The normalized spacial score (nSPS) is 16.6. The van der Waals surface area contributed by atoms with Crippen molar-refractivity contribution >= 4 is 33.3 Å². The number of hydrogen-bond donors (Lipinski definition) is 2. The molecule has 12 nitrogen and oxygen atoms in total. The van der Waals surface area contributed by atoms with E-state index in [-0.39, 0.29) is 36.2 Å². The van der Waals surface area contributed by atoms with Crippen LogP contribution in [0.1, 0.15) is 44.9 Å². The third kappa shape index (κ3) is 5.68. The van der Waals surface area contributed by atoms with Gasteiger partial charge in [-0.2, -0.15) is 5.10 Å². The molecule has 0 bridgehead atoms. The second kappa shape index (κ2) is 10.5. The molecule has 2 aliphatic heterocycles. The molecule has 0 spiro atoms. The van der Waals surface area contributed by atoms with E-state index in [1.54, 1.807) is 12.1 Å². The molecule has 5 rings (SSSR count). The third-order valence-electron chi connectivity index (χ3n) is 6.77. The van der Waals surface area contributed by atoms with Crippen molar-refractivity contribution in [2.75, 3.05) is 32.5 Å². The van der Waals surface area contributed by atoms with E-state index in [1.165, 1.54) is 27.3 Å². The van der Waals surface area contributed by atoms with E-state index in [4.69, 9.17) is 4.74 Å². The van der Waals surface area contributed by atoms with E-state index in [0.717, 1.165) is 11.1 Å². The summed E-state index contributed by atoms with van der Waals surface area (Å²) in [5, 5.41) is 9.87. The zero-order valence-corrected chi connectivity index (χ0v) is 21.7. The summed E-state index contributed by atoms with van der Waals surface area (Å²) in [6, 6.07) is 8.44. The molecule has 200 valence electrons. The maximum Gasteiger partial charge on any atom is 0.270 e. The molecular formula is C25H28N6O6S. The first kappa shape index (κ1) is 25.8. The number of amides is 2. The minimum Gasteiger partial charge on any atom is -0.486 e. The van der Waals surface area contributed by atoms with Crippen molar-refractivity contribution < 1.29 is 27.5 Å². The Balaban J connectivity index is 1.24. The smallest absolute Gasteiger partial charge is 0.270 e. The Kier molecular flexibility index (Phi) is 7.13. The lowest BCUT2D eigenvalue weighted by molar-refractivity contribution is -0.121. The number of piperidine rings is 1. The predicted molar refractivity (Wildman–Crippen MR) is 136 cm³/mol. The molecule has 2 amide bonds. The largest absolute Gasteiger partial charge is 0.486 e. The molecule has 1 aromatic carbocycles. The highest BCUT2D eigenvalue weighted by molar-refractivity contribution is 7.88. The molecule has 13 heteroatoms. The first-order chi connectivity index (χ1) is 18.2. The topological polar surface area (TPSA) is 152 Å². The van der Waals surface area contributed by atoms with Crippen molar-refractivity contribution in [3.05, 3.63) is 59.0 Å². The zero-order chi connectivity index (χ0) is 26.9. The van der Waals surface area contributed by atoms with Crippen molar-refractivity contribution in [2.24, 2.45) is 5.92 Å². The van der Waals surface area contributed by atoms with E-state index in [2.05, 4.69) is 20.7 Å². The van der Waals surface area contributed by atoms with Crippen molar-refractivity contribution in [3.8, 4) is 5.75 Å². The van der Waals surface area contributed by atoms with Crippen molar-refractivity contribution in [2.45, 2.75) is 25.8 Å². The van der Waals surface area contributed by atoms with Gasteiger partial charge in [-0.1, -0.05) is 6.07 Å². The molecule has 0 aliphatic carbocycles. The molecule has 0 radical (unpaired) electrons. The molecule has 2 aliphatic rings. The van der Waals surface area contributed by atoms with E-state index >= 15 is 0 Å². The first-order valence-electron chi connectivity index (χ1n) is 12.3. The molecule has 0 saturated carbocycles. The van der Waals surface area contributed by atoms with Gasteiger partial charge in [0.15, 0.2) is 11.4 Å². The summed E-state index contributed by atoms with van der Waals surface area (Å²) >= 11 is 0. The fraction of sp³-hybridized carbons (Fsp3) is 0.400. The van der Waals surface area contributed by atoms with Crippen molar-refractivity contribution in [1.82, 2.24) is 29.5 Å². The number of nitrogens with one attached hydrogen (secondary N) is 2. The molecule has 38 heavy (non-hydrogen) atoms. The molecule has 4 heterocycles. The summed E-state index contributed by atoms with van der Waals surface area (Å²) < 4.78 is 31.7. The summed E-state index contributed by atoms with van der Waals surface area (Å²) in [4.78, 5) is 42.0. The van der Waals surface area contributed by atoms with Crippen LogP contribution in [0.4, 0.5) is 0 Å². The lowest BCUT2D eigenvalue weighted by atomic mass is 9.98. The Morgan fingerprint density at radius 2 is 1.89 bits per heavy atom. The van der Waals surface area contributed by atoms with Gasteiger partial charge in [0.05, 0.1) is 12.5 Å². The number of ether oxygens (including phenoxy) is 1. The Labute approximate surface area is 219 Å². The predicted octanol–water partition coefficient (Wildman–Crippen LogP) is 0.565. The number of hydrogen-bond acceptors (Lipinski definition) is 8. The minimum atomic E-state index is -3.21. The van der Waals surface area contributed by atoms with Crippen LogP contribution in [0.15, 0.2) is 36.5 Å². The number of nitrogens with zero attached hydrogens (tertiary/aromatic N) is 4.